The Labute approximate surface area is 232 Å². The quantitative estimate of drug-likeness (QED) is 0.342. The smallest absolute Gasteiger partial charge is 0.337 e. The minimum absolute atomic E-state index is 0.135. The van der Waals surface area contributed by atoms with Gasteiger partial charge in [0, 0.05) is 42.6 Å². The molecule has 5 rings (SSSR count). The summed E-state index contributed by atoms with van der Waals surface area (Å²) >= 11 is 0. The van der Waals surface area contributed by atoms with Crippen molar-refractivity contribution >= 4 is 34.2 Å². The standard InChI is InChI=1S/C31H29N7O2/c1-19-14-25(21(3)34-26-7-5-4-6-24(26)31(39)40)29-27(15-19)35-28(17-33)30(36-29)37-12-13-38(20(2)18-37)23-10-8-22(16-32)9-11-23/h4-11,14-15,20-21,34H,12-13,18H2,1-3H3,(H,39,40)/t20?,21-/m1/s1. The number of carboxylic acid groups (broad SMARTS) is 1. The maximum absolute atomic E-state index is 11.8. The highest BCUT2D eigenvalue weighted by Gasteiger charge is 2.28. The molecule has 4 aromatic rings. The van der Waals surface area contributed by atoms with Crippen molar-refractivity contribution in [1.82, 2.24) is 9.97 Å². The summed E-state index contributed by atoms with van der Waals surface area (Å²) in [5, 5.41) is 32.1. The topological polar surface area (TPSA) is 129 Å². The van der Waals surface area contributed by atoms with Gasteiger partial charge < -0.3 is 20.2 Å². The lowest BCUT2D eigenvalue weighted by Crippen LogP contribution is -2.52. The number of carbonyl (C=O) groups is 1. The predicted molar refractivity (Wildman–Crippen MR) is 155 cm³/mol. The third-order valence-electron chi connectivity index (χ3n) is 7.28. The minimum atomic E-state index is -1.00. The van der Waals surface area contributed by atoms with Crippen molar-refractivity contribution in [2.45, 2.75) is 32.9 Å². The number of nitrogens with zero attached hydrogens (tertiary/aromatic N) is 6. The van der Waals surface area contributed by atoms with Crippen molar-refractivity contribution in [3.63, 3.8) is 0 Å². The Morgan fingerprint density at radius 1 is 1.07 bits per heavy atom. The molecule has 3 aromatic carbocycles. The first-order valence-electron chi connectivity index (χ1n) is 13.1. The van der Waals surface area contributed by atoms with Crippen LogP contribution in [0.2, 0.25) is 0 Å². The van der Waals surface area contributed by atoms with E-state index in [1.807, 2.05) is 50.2 Å². The van der Waals surface area contributed by atoms with Crippen molar-refractivity contribution in [2.75, 3.05) is 34.8 Å². The normalized spacial score (nSPS) is 15.8. The Morgan fingerprint density at radius 2 is 1.82 bits per heavy atom. The Balaban J connectivity index is 1.48. The van der Waals surface area contributed by atoms with Crippen molar-refractivity contribution in [2.24, 2.45) is 0 Å². The molecule has 2 atom stereocenters. The first-order valence-corrected chi connectivity index (χ1v) is 13.1. The number of aromatic carboxylic acids is 1. The predicted octanol–water partition coefficient (Wildman–Crippen LogP) is 5.27. The molecule has 0 saturated carbocycles. The molecular weight excluding hydrogens is 502 g/mol. The van der Waals surface area contributed by atoms with Crippen LogP contribution in [-0.2, 0) is 0 Å². The maximum Gasteiger partial charge on any atom is 0.337 e. The lowest BCUT2D eigenvalue weighted by molar-refractivity contribution is 0.0698. The van der Waals surface area contributed by atoms with E-state index in [1.54, 1.807) is 24.3 Å². The van der Waals surface area contributed by atoms with Gasteiger partial charge in [0.1, 0.15) is 6.07 Å². The molecule has 40 heavy (non-hydrogen) atoms. The van der Waals surface area contributed by atoms with Crippen LogP contribution in [-0.4, -0.2) is 46.7 Å². The zero-order chi connectivity index (χ0) is 28.4. The fraction of sp³-hybridized carbons (Fsp3) is 0.258. The number of aromatic nitrogens is 2. The number of nitrogens with one attached hydrogen (secondary N) is 1. The van der Waals surface area contributed by atoms with Crippen LogP contribution in [0.25, 0.3) is 11.0 Å². The number of carboxylic acids is 1. The molecule has 2 N–H and O–H groups in total. The van der Waals surface area contributed by atoms with E-state index in [9.17, 15) is 15.2 Å². The number of nitriles is 2. The van der Waals surface area contributed by atoms with Crippen molar-refractivity contribution in [1.29, 1.82) is 10.5 Å². The largest absolute Gasteiger partial charge is 0.478 e. The summed E-state index contributed by atoms with van der Waals surface area (Å²) in [6.07, 6.45) is 0. The summed E-state index contributed by atoms with van der Waals surface area (Å²) in [6, 6.07) is 22.6. The van der Waals surface area contributed by atoms with Crippen LogP contribution in [0.15, 0.2) is 60.7 Å². The third-order valence-corrected chi connectivity index (χ3v) is 7.28. The molecule has 2 heterocycles. The first kappa shape index (κ1) is 26.5. The van der Waals surface area contributed by atoms with E-state index in [-0.39, 0.29) is 23.3 Å². The van der Waals surface area contributed by atoms with Crippen LogP contribution < -0.4 is 15.1 Å². The molecule has 9 heteroatoms. The Hall–Kier alpha value is -5.15. The number of fused-ring (bicyclic) bond motifs is 1. The van der Waals surface area contributed by atoms with Crippen LogP contribution >= 0.6 is 0 Å². The highest BCUT2D eigenvalue weighted by atomic mass is 16.4. The zero-order valence-electron chi connectivity index (χ0n) is 22.6. The average Bonchev–Trinajstić information content (AvgIpc) is 2.96. The van der Waals surface area contributed by atoms with E-state index in [0.717, 1.165) is 23.4 Å². The van der Waals surface area contributed by atoms with Crippen LogP contribution in [0.1, 0.15) is 52.6 Å². The summed E-state index contributed by atoms with van der Waals surface area (Å²) < 4.78 is 0. The molecular formula is C31H29N7O2. The van der Waals surface area contributed by atoms with E-state index >= 15 is 0 Å². The van der Waals surface area contributed by atoms with Crippen LogP contribution in [0.3, 0.4) is 0 Å². The van der Waals surface area contributed by atoms with Gasteiger partial charge in [-0.15, -0.1) is 0 Å². The number of para-hydroxylation sites is 1. The van der Waals surface area contributed by atoms with E-state index in [2.05, 4.69) is 34.2 Å². The van der Waals surface area contributed by atoms with Crippen LogP contribution in [0.4, 0.5) is 17.2 Å². The number of hydrogen-bond donors (Lipinski definition) is 2. The highest BCUT2D eigenvalue weighted by Crippen LogP contribution is 2.31. The van der Waals surface area contributed by atoms with Crippen molar-refractivity contribution in [3.05, 3.63) is 88.6 Å². The molecule has 1 saturated heterocycles. The van der Waals surface area contributed by atoms with Gasteiger partial charge in [0.15, 0.2) is 11.5 Å². The second kappa shape index (κ2) is 10.9. The Morgan fingerprint density at radius 3 is 2.50 bits per heavy atom. The molecule has 1 unspecified atom stereocenters. The number of benzene rings is 3. The molecule has 0 aliphatic carbocycles. The van der Waals surface area contributed by atoms with Gasteiger partial charge in [0.25, 0.3) is 0 Å². The molecule has 0 bridgehead atoms. The lowest BCUT2D eigenvalue weighted by Gasteiger charge is -2.42. The summed E-state index contributed by atoms with van der Waals surface area (Å²) in [5.74, 6) is -0.455. The van der Waals surface area contributed by atoms with Crippen LogP contribution in [0, 0.1) is 29.6 Å². The van der Waals surface area contributed by atoms with Gasteiger partial charge in [0.2, 0.25) is 0 Å². The van der Waals surface area contributed by atoms with E-state index < -0.39 is 5.97 Å². The van der Waals surface area contributed by atoms with Gasteiger partial charge in [-0.05, 0) is 68.8 Å². The van der Waals surface area contributed by atoms with E-state index in [1.165, 1.54) is 0 Å². The molecule has 0 radical (unpaired) electrons. The number of hydrogen-bond acceptors (Lipinski definition) is 8. The maximum atomic E-state index is 11.8. The van der Waals surface area contributed by atoms with E-state index in [4.69, 9.17) is 15.2 Å². The lowest BCUT2D eigenvalue weighted by atomic mass is 10.0. The number of piperazine rings is 1. The number of anilines is 3. The molecule has 9 nitrogen and oxygen atoms in total. The summed E-state index contributed by atoms with van der Waals surface area (Å²) in [5.41, 5.74) is 5.81. The summed E-state index contributed by atoms with van der Waals surface area (Å²) in [6.45, 7) is 8.08. The molecule has 1 aliphatic rings. The van der Waals surface area contributed by atoms with Crippen molar-refractivity contribution < 1.29 is 9.90 Å². The molecule has 0 amide bonds. The third kappa shape index (κ3) is 5.10. The van der Waals surface area contributed by atoms with Crippen molar-refractivity contribution in [3.8, 4) is 12.1 Å². The molecule has 200 valence electrons. The number of aryl methyl sites for hydroxylation is 1. The van der Waals surface area contributed by atoms with Gasteiger partial charge in [0.05, 0.1) is 34.3 Å². The van der Waals surface area contributed by atoms with Gasteiger partial charge in [-0.3, -0.25) is 0 Å². The second-order valence-electron chi connectivity index (χ2n) is 10.1. The highest BCUT2D eigenvalue weighted by molar-refractivity contribution is 5.94. The fourth-order valence-electron chi connectivity index (χ4n) is 5.32. The monoisotopic (exact) mass is 531 g/mol. The second-order valence-corrected chi connectivity index (χ2v) is 10.1. The number of rotatable bonds is 6. The average molecular weight is 532 g/mol. The van der Waals surface area contributed by atoms with E-state index in [0.29, 0.717) is 41.2 Å². The van der Waals surface area contributed by atoms with Gasteiger partial charge in [-0.2, -0.15) is 10.5 Å². The Bertz CT molecular complexity index is 1670. The Kier molecular flexibility index (Phi) is 7.22. The van der Waals surface area contributed by atoms with Gasteiger partial charge in [-0.25, -0.2) is 14.8 Å². The zero-order valence-corrected chi connectivity index (χ0v) is 22.6. The SMILES string of the molecule is Cc1cc([C@@H](C)Nc2ccccc2C(=O)O)c2nc(N3CCN(c4ccc(C#N)cc4)C(C)C3)c(C#N)nc2c1. The molecule has 1 fully saturated rings. The minimum Gasteiger partial charge on any atom is -0.478 e. The van der Waals surface area contributed by atoms with Gasteiger partial charge >= 0.3 is 5.97 Å². The van der Waals surface area contributed by atoms with Gasteiger partial charge in [-0.1, -0.05) is 18.2 Å². The molecule has 1 aromatic heterocycles. The summed E-state index contributed by atoms with van der Waals surface area (Å²) in [4.78, 5) is 25.9. The summed E-state index contributed by atoms with van der Waals surface area (Å²) in [7, 11) is 0. The fourth-order valence-corrected chi connectivity index (χ4v) is 5.32. The van der Waals surface area contributed by atoms with Crippen LogP contribution in [0.5, 0.6) is 0 Å². The molecule has 1 aliphatic heterocycles. The first-order chi connectivity index (χ1) is 19.3. The molecule has 0 spiro atoms.